The molecule has 0 saturated heterocycles. The Kier molecular flexibility index (Phi) is 5.98. The number of hydrogen-bond donors (Lipinski definition) is 1. The van der Waals surface area contributed by atoms with Crippen molar-refractivity contribution >= 4 is 33.2 Å². The van der Waals surface area contributed by atoms with E-state index >= 15 is 0 Å². The lowest BCUT2D eigenvalue weighted by atomic mass is 9.89. The zero-order chi connectivity index (χ0) is 27.2. The number of rotatable bonds is 4. The minimum absolute atomic E-state index is 0.194. The quantitative estimate of drug-likeness (QED) is 0.285. The van der Waals surface area contributed by atoms with Gasteiger partial charge in [0.2, 0.25) is 0 Å². The van der Waals surface area contributed by atoms with Gasteiger partial charge in [-0.25, -0.2) is 9.67 Å². The zero-order valence-electron chi connectivity index (χ0n) is 21.8. The Bertz CT molecular complexity index is 1890. The molecule has 40 heavy (non-hydrogen) atoms. The first kappa shape index (κ1) is 24.4. The molecule has 1 atom stereocenters. The number of aryl methyl sites for hydroxylation is 1. The van der Waals surface area contributed by atoms with Crippen molar-refractivity contribution in [3.05, 3.63) is 86.9 Å². The zero-order valence-corrected chi connectivity index (χ0v) is 22.6. The molecular formula is C31H25N5O3S. The number of allylic oxidation sites excluding steroid dienone is 1. The van der Waals surface area contributed by atoms with E-state index in [-0.39, 0.29) is 17.0 Å². The van der Waals surface area contributed by atoms with Crippen LogP contribution in [0.3, 0.4) is 0 Å². The maximum absolute atomic E-state index is 13.2. The Hall–Kier alpha value is -4.68. The van der Waals surface area contributed by atoms with E-state index < -0.39 is 0 Å². The number of nitrogens with one attached hydrogen (secondary N) is 1. The van der Waals surface area contributed by atoms with Crippen LogP contribution in [0.4, 0.5) is 0 Å². The second kappa shape index (κ2) is 9.81. The van der Waals surface area contributed by atoms with Crippen LogP contribution in [-0.2, 0) is 12.8 Å². The van der Waals surface area contributed by atoms with Crippen molar-refractivity contribution in [2.24, 2.45) is 5.92 Å². The molecule has 0 radical (unpaired) electrons. The van der Waals surface area contributed by atoms with Crippen molar-refractivity contribution in [1.82, 2.24) is 19.7 Å². The molecule has 5 aromatic rings. The van der Waals surface area contributed by atoms with Gasteiger partial charge < -0.3 is 14.5 Å². The monoisotopic (exact) mass is 547 g/mol. The Labute approximate surface area is 234 Å². The predicted molar refractivity (Wildman–Crippen MR) is 155 cm³/mol. The van der Waals surface area contributed by atoms with E-state index in [2.05, 4.69) is 18.0 Å². The Morgan fingerprint density at radius 2 is 2.00 bits per heavy atom. The number of para-hydroxylation sites is 1. The highest BCUT2D eigenvalue weighted by Crippen LogP contribution is 2.38. The van der Waals surface area contributed by atoms with Crippen molar-refractivity contribution in [2.45, 2.75) is 26.2 Å². The average molecular weight is 548 g/mol. The van der Waals surface area contributed by atoms with Crippen LogP contribution in [0.5, 0.6) is 11.5 Å². The Balaban J connectivity index is 1.36. The maximum atomic E-state index is 13.2. The van der Waals surface area contributed by atoms with Crippen molar-refractivity contribution in [3.8, 4) is 34.5 Å². The third-order valence-electron chi connectivity index (χ3n) is 7.42. The first-order chi connectivity index (χ1) is 19.6. The number of ether oxygens (including phenoxy) is 2. The van der Waals surface area contributed by atoms with Crippen LogP contribution in [-0.4, -0.2) is 33.0 Å². The minimum atomic E-state index is -0.194. The van der Waals surface area contributed by atoms with E-state index in [1.807, 2.05) is 54.7 Å². The topological polar surface area (TPSA) is 106 Å². The largest absolute Gasteiger partial charge is 0.486 e. The van der Waals surface area contributed by atoms with Gasteiger partial charge in [0, 0.05) is 22.2 Å². The van der Waals surface area contributed by atoms with E-state index in [1.165, 1.54) is 4.88 Å². The molecule has 0 bridgehead atoms. The van der Waals surface area contributed by atoms with Crippen LogP contribution in [0.25, 0.3) is 38.8 Å². The van der Waals surface area contributed by atoms with Gasteiger partial charge in [0.25, 0.3) is 5.56 Å². The molecule has 198 valence electrons. The van der Waals surface area contributed by atoms with Crippen LogP contribution in [0.1, 0.15) is 35.2 Å². The van der Waals surface area contributed by atoms with Gasteiger partial charge in [0.05, 0.1) is 16.6 Å². The average Bonchev–Trinajstić information content (AvgIpc) is 3.57. The first-order valence-corrected chi connectivity index (χ1v) is 14.1. The molecule has 1 aliphatic heterocycles. The second-order valence-electron chi connectivity index (χ2n) is 10.2. The standard InChI is InChI=1S/C31H25N5O3S/c1-18-7-9-23-26(13-18)40-31-27(23)30(37)33-29(34-31)20(16-32)14-21-17-36(22-5-3-2-4-6-22)35-28(21)19-8-10-24-25(15-19)39-12-11-38-24/h2-6,8,10,14-15,17-18H,7,9,11-13H2,1H3,(H,33,34,37). The van der Waals surface area contributed by atoms with E-state index in [1.54, 1.807) is 22.1 Å². The van der Waals surface area contributed by atoms with Crippen LogP contribution >= 0.6 is 11.3 Å². The number of nitrogens with zero attached hydrogens (tertiary/aromatic N) is 4. The highest BCUT2D eigenvalue weighted by atomic mass is 32.1. The normalized spacial score (nSPS) is 16.5. The number of fused-ring (bicyclic) bond motifs is 4. The number of benzene rings is 2. The number of aromatic amines is 1. The Morgan fingerprint density at radius 1 is 1.18 bits per heavy atom. The summed E-state index contributed by atoms with van der Waals surface area (Å²) in [4.78, 5) is 22.8. The fourth-order valence-corrected chi connectivity index (χ4v) is 6.79. The lowest BCUT2D eigenvalue weighted by Gasteiger charge is -2.18. The van der Waals surface area contributed by atoms with Gasteiger partial charge in [-0.3, -0.25) is 4.79 Å². The fourth-order valence-electron chi connectivity index (χ4n) is 5.41. The molecule has 9 heteroatoms. The van der Waals surface area contributed by atoms with Crippen LogP contribution in [0, 0.1) is 17.2 Å². The van der Waals surface area contributed by atoms with E-state index in [0.717, 1.165) is 36.1 Å². The summed E-state index contributed by atoms with van der Waals surface area (Å²) in [6.45, 7) is 3.23. The molecule has 0 amide bonds. The molecule has 7 rings (SSSR count). The third-order valence-corrected chi connectivity index (χ3v) is 8.57. The van der Waals surface area contributed by atoms with Gasteiger partial charge in [-0.1, -0.05) is 25.1 Å². The van der Waals surface area contributed by atoms with Crippen molar-refractivity contribution < 1.29 is 9.47 Å². The van der Waals surface area contributed by atoms with Gasteiger partial charge >= 0.3 is 0 Å². The summed E-state index contributed by atoms with van der Waals surface area (Å²) in [6.07, 6.45) is 6.53. The minimum Gasteiger partial charge on any atom is -0.486 e. The number of aromatic nitrogens is 4. The second-order valence-corrected chi connectivity index (χ2v) is 11.3. The molecule has 4 heterocycles. The highest BCUT2D eigenvalue weighted by molar-refractivity contribution is 7.18. The number of H-pyrrole nitrogens is 1. The lowest BCUT2D eigenvalue weighted by molar-refractivity contribution is 0.171. The molecule has 8 nitrogen and oxygen atoms in total. The fraction of sp³-hybridized carbons (Fsp3) is 0.226. The molecule has 2 aliphatic rings. The summed E-state index contributed by atoms with van der Waals surface area (Å²) in [5.41, 5.74) is 4.25. The number of nitriles is 1. The molecule has 3 aromatic heterocycles. The van der Waals surface area contributed by atoms with Gasteiger partial charge in [-0.05, 0) is 67.2 Å². The lowest BCUT2D eigenvalue weighted by Crippen LogP contribution is -2.15. The van der Waals surface area contributed by atoms with Crippen molar-refractivity contribution in [1.29, 1.82) is 5.26 Å². The van der Waals surface area contributed by atoms with Crippen LogP contribution < -0.4 is 15.0 Å². The van der Waals surface area contributed by atoms with Crippen LogP contribution in [0.15, 0.2) is 59.5 Å². The molecular weight excluding hydrogens is 522 g/mol. The van der Waals surface area contributed by atoms with E-state index in [4.69, 9.17) is 19.6 Å². The first-order valence-electron chi connectivity index (χ1n) is 13.3. The van der Waals surface area contributed by atoms with Gasteiger partial charge in [-0.15, -0.1) is 11.3 Å². The van der Waals surface area contributed by atoms with E-state index in [9.17, 15) is 10.1 Å². The molecule has 1 unspecified atom stereocenters. The SMILES string of the molecule is CC1CCc2c(sc3nc(C(C#N)=Cc4cn(-c5ccccc5)nc4-c4ccc5c(c4)OCCO5)[nH]c(=O)c23)C1. The summed E-state index contributed by atoms with van der Waals surface area (Å²) in [5.74, 6) is 2.19. The highest BCUT2D eigenvalue weighted by Gasteiger charge is 2.24. The molecule has 0 fully saturated rings. The third kappa shape index (κ3) is 4.27. The van der Waals surface area contributed by atoms with Gasteiger partial charge in [-0.2, -0.15) is 10.4 Å². The van der Waals surface area contributed by atoms with Gasteiger partial charge in [0.1, 0.15) is 29.8 Å². The molecule has 1 N–H and O–H groups in total. The molecule has 2 aromatic carbocycles. The van der Waals surface area contributed by atoms with Crippen molar-refractivity contribution in [3.63, 3.8) is 0 Å². The summed E-state index contributed by atoms with van der Waals surface area (Å²) < 4.78 is 13.3. The summed E-state index contributed by atoms with van der Waals surface area (Å²) >= 11 is 1.57. The molecule has 0 spiro atoms. The van der Waals surface area contributed by atoms with Crippen LogP contribution in [0.2, 0.25) is 0 Å². The summed E-state index contributed by atoms with van der Waals surface area (Å²) in [7, 11) is 0. The summed E-state index contributed by atoms with van der Waals surface area (Å²) in [5, 5.41) is 15.7. The van der Waals surface area contributed by atoms with Crippen molar-refractivity contribution in [2.75, 3.05) is 13.2 Å². The number of thiophene rings is 1. The molecule has 0 saturated carbocycles. The smallest absolute Gasteiger partial charge is 0.260 e. The predicted octanol–water partition coefficient (Wildman–Crippen LogP) is 5.80. The number of hydrogen-bond acceptors (Lipinski definition) is 7. The van der Waals surface area contributed by atoms with E-state index in [0.29, 0.717) is 52.1 Å². The maximum Gasteiger partial charge on any atom is 0.260 e. The summed E-state index contributed by atoms with van der Waals surface area (Å²) in [6, 6.07) is 17.7. The Morgan fingerprint density at radius 3 is 2.83 bits per heavy atom. The molecule has 1 aliphatic carbocycles. The van der Waals surface area contributed by atoms with Gasteiger partial charge in [0.15, 0.2) is 17.3 Å².